The van der Waals surface area contributed by atoms with E-state index in [9.17, 15) is 18.0 Å². The lowest BCUT2D eigenvalue weighted by Crippen LogP contribution is -2.55. The summed E-state index contributed by atoms with van der Waals surface area (Å²) in [4.78, 5) is 21.1. The maximum absolute atomic E-state index is 12.7. The second kappa shape index (κ2) is 7.25. The Bertz CT molecular complexity index is 553. The van der Waals surface area contributed by atoms with Crippen LogP contribution in [-0.2, 0) is 0 Å². The normalized spacial score (nSPS) is 17.5. The number of piperazine rings is 1. The number of carbonyl (C=O) groups excluding carboxylic acids is 1. The number of halogens is 3. The summed E-state index contributed by atoms with van der Waals surface area (Å²) in [5.74, 6) is 0.414. The van der Waals surface area contributed by atoms with Gasteiger partial charge in [-0.3, -0.25) is 10.2 Å². The molecule has 2 heterocycles. The summed E-state index contributed by atoms with van der Waals surface area (Å²) < 4.78 is 38.2. The summed E-state index contributed by atoms with van der Waals surface area (Å²) in [6.45, 7) is 2.04. The minimum absolute atomic E-state index is 0.196. The Hall–Kier alpha value is -2.03. The van der Waals surface area contributed by atoms with Gasteiger partial charge in [-0.25, -0.2) is 9.78 Å². The molecule has 0 saturated carbocycles. The van der Waals surface area contributed by atoms with Gasteiger partial charge in [0.1, 0.15) is 11.9 Å². The van der Waals surface area contributed by atoms with Gasteiger partial charge in [-0.05, 0) is 19.1 Å². The van der Waals surface area contributed by atoms with Crippen molar-refractivity contribution in [2.24, 2.45) is 0 Å². The van der Waals surface area contributed by atoms with E-state index in [2.05, 4.69) is 10.3 Å². The predicted molar refractivity (Wildman–Crippen MR) is 86.2 cm³/mol. The Morgan fingerprint density at radius 2 is 1.88 bits per heavy atom. The maximum Gasteiger partial charge on any atom is 0.403 e. The Kier molecular flexibility index (Phi) is 5.53. The molecule has 0 unspecified atom stereocenters. The lowest BCUT2D eigenvalue weighted by atomic mass is 10.2. The van der Waals surface area contributed by atoms with Crippen LogP contribution in [0.1, 0.15) is 6.92 Å². The van der Waals surface area contributed by atoms with Crippen LogP contribution in [0.3, 0.4) is 0 Å². The van der Waals surface area contributed by atoms with Crippen LogP contribution < -0.4 is 10.2 Å². The lowest BCUT2D eigenvalue weighted by Gasteiger charge is -2.38. The highest BCUT2D eigenvalue weighted by molar-refractivity contribution is 5.88. The van der Waals surface area contributed by atoms with Crippen LogP contribution in [0, 0.1) is 0 Å². The van der Waals surface area contributed by atoms with Crippen molar-refractivity contribution in [3.63, 3.8) is 0 Å². The van der Waals surface area contributed by atoms with Gasteiger partial charge in [-0.1, -0.05) is 0 Å². The molecule has 2 rings (SSSR count). The highest BCUT2D eigenvalue weighted by Gasteiger charge is 2.41. The molecule has 0 radical (unpaired) electrons. The molecule has 0 aliphatic carbocycles. The van der Waals surface area contributed by atoms with Crippen molar-refractivity contribution in [1.29, 1.82) is 0 Å². The van der Waals surface area contributed by atoms with E-state index in [0.29, 0.717) is 5.82 Å². The Balaban J connectivity index is 1.86. The molecule has 1 aromatic rings. The zero-order valence-electron chi connectivity index (χ0n) is 14.0. The number of aromatic nitrogens is 1. The van der Waals surface area contributed by atoms with Crippen LogP contribution in [0.4, 0.5) is 29.5 Å². The zero-order chi connectivity index (χ0) is 17.9. The Labute approximate surface area is 139 Å². The minimum atomic E-state index is -4.25. The topological polar surface area (TPSA) is 51.7 Å². The van der Waals surface area contributed by atoms with E-state index in [0.717, 1.165) is 12.6 Å². The van der Waals surface area contributed by atoms with Crippen molar-refractivity contribution in [2.75, 3.05) is 50.5 Å². The molecule has 1 N–H and O–H groups in total. The first kappa shape index (κ1) is 18.3. The standard InChI is InChI=1S/C15H22F3N5O/c1-11(15(16,17)18)22-6-8-23(9-7-22)14(24)20-13-5-4-12(10-19-13)21(2)3/h4-5,10-11H,6-9H2,1-3H3,(H,19,20,24)/t11-/m0/s1. The third kappa shape index (κ3) is 4.50. The number of amides is 2. The number of pyridine rings is 1. The van der Waals surface area contributed by atoms with Crippen LogP contribution in [0.25, 0.3) is 0 Å². The molecule has 1 aliphatic rings. The van der Waals surface area contributed by atoms with Gasteiger partial charge in [-0.15, -0.1) is 0 Å². The SMILES string of the molecule is C[C@H](N1CCN(C(=O)Nc2ccc(N(C)C)cn2)CC1)C(F)(F)F. The zero-order valence-corrected chi connectivity index (χ0v) is 14.0. The fraction of sp³-hybridized carbons (Fsp3) is 0.600. The van der Waals surface area contributed by atoms with Gasteiger partial charge in [0, 0.05) is 40.3 Å². The van der Waals surface area contributed by atoms with Crippen molar-refractivity contribution < 1.29 is 18.0 Å². The van der Waals surface area contributed by atoms with Crippen LogP contribution in [0.15, 0.2) is 18.3 Å². The summed E-state index contributed by atoms with van der Waals surface area (Å²) in [6, 6.07) is 1.67. The molecule has 1 atom stereocenters. The average molecular weight is 345 g/mol. The third-order valence-corrected chi connectivity index (χ3v) is 4.12. The molecule has 1 saturated heterocycles. The fourth-order valence-electron chi connectivity index (χ4n) is 2.43. The second-order valence-electron chi connectivity index (χ2n) is 5.97. The van der Waals surface area contributed by atoms with Gasteiger partial charge in [-0.2, -0.15) is 13.2 Å². The first-order chi connectivity index (χ1) is 11.2. The quantitative estimate of drug-likeness (QED) is 0.913. The number of nitrogens with one attached hydrogen (secondary N) is 1. The van der Waals surface area contributed by atoms with E-state index in [4.69, 9.17) is 0 Å². The van der Waals surface area contributed by atoms with E-state index in [1.807, 2.05) is 25.1 Å². The van der Waals surface area contributed by atoms with Gasteiger partial charge in [0.05, 0.1) is 11.9 Å². The summed E-state index contributed by atoms with van der Waals surface area (Å²) in [5, 5.41) is 2.67. The van der Waals surface area contributed by atoms with Crippen molar-refractivity contribution in [3.8, 4) is 0 Å². The van der Waals surface area contributed by atoms with E-state index in [1.54, 1.807) is 12.3 Å². The molecule has 1 fully saturated rings. The number of nitrogens with zero attached hydrogens (tertiary/aromatic N) is 4. The largest absolute Gasteiger partial charge is 0.403 e. The smallest absolute Gasteiger partial charge is 0.376 e. The van der Waals surface area contributed by atoms with Crippen LogP contribution >= 0.6 is 0 Å². The van der Waals surface area contributed by atoms with Crippen molar-refractivity contribution >= 4 is 17.5 Å². The first-order valence-corrected chi connectivity index (χ1v) is 7.68. The highest BCUT2D eigenvalue weighted by Crippen LogP contribution is 2.25. The molecule has 134 valence electrons. The van der Waals surface area contributed by atoms with Gasteiger partial charge < -0.3 is 9.80 Å². The predicted octanol–water partition coefficient (Wildman–Crippen LogP) is 2.25. The number of rotatable bonds is 3. The van der Waals surface area contributed by atoms with Gasteiger partial charge >= 0.3 is 12.2 Å². The molecule has 0 spiro atoms. The molecular formula is C15H22F3N5O. The molecule has 6 nitrogen and oxygen atoms in total. The number of alkyl halides is 3. The Morgan fingerprint density at radius 3 is 2.33 bits per heavy atom. The average Bonchev–Trinajstić information content (AvgIpc) is 2.54. The molecule has 2 amide bonds. The molecule has 9 heteroatoms. The van der Waals surface area contributed by atoms with Crippen LogP contribution in [0.2, 0.25) is 0 Å². The summed E-state index contributed by atoms with van der Waals surface area (Å²) >= 11 is 0. The van der Waals surface area contributed by atoms with E-state index in [1.165, 1.54) is 9.80 Å². The van der Waals surface area contributed by atoms with Crippen molar-refractivity contribution in [1.82, 2.24) is 14.8 Å². The van der Waals surface area contributed by atoms with Crippen LogP contribution in [0.5, 0.6) is 0 Å². The van der Waals surface area contributed by atoms with Crippen LogP contribution in [-0.4, -0.2) is 73.3 Å². The summed E-state index contributed by atoms with van der Waals surface area (Å²) in [6.07, 6.45) is -2.61. The summed E-state index contributed by atoms with van der Waals surface area (Å²) in [7, 11) is 3.77. The summed E-state index contributed by atoms with van der Waals surface area (Å²) in [5.41, 5.74) is 0.905. The first-order valence-electron chi connectivity index (χ1n) is 7.68. The number of anilines is 2. The Morgan fingerprint density at radius 1 is 1.25 bits per heavy atom. The molecule has 1 aliphatic heterocycles. The molecule has 24 heavy (non-hydrogen) atoms. The van der Waals surface area contributed by atoms with E-state index >= 15 is 0 Å². The van der Waals surface area contributed by atoms with Gasteiger partial charge in [0.25, 0.3) is 0 Å². The number of hydrogen-bond donors (Lipinski definition) is 1. The monoisotopic (exact) mass is 345 g/mol. The molecular weight excluding hydrogens is 323 g/mol. The second-order valence-corrected chi connectivity index (χ2v) is 5.97. The van der Waals surface area contributed by atoms with Gasteiger partial charge in [0.15, 0.2) is 0 Å². The minimum Gasteiger partial charge on any atom is -0.376 e. The number of urea groups is 1. The van der Waals surface area contributed by atoms with E-state index in [-0.39, 0.29) is 32.2 Å². The third-order valence-electron chi connectivity index (χ3n) is 4.12. The van der Waals surface area contributed by atoms with Gasteiger partial charge in [0.2, 0.25) is 0 Å². The molecule has 0 aromatic carbocycles. The maximum atomic E-state index is 12.7. The number of carbonyl (C=O) groups is 1. The highest BCUT2D eigenvalue weighted by atomic mass is 19.4. The molecule has 0 bridgehead atoms. The van der Waals surface area contributed by atoms with Crippen molar-refractivity contribution in [3.05, 3.63) is 18.3 Å². The molecule has 1 aromatic heterocycles. The lowest BCUT2D eigenvalue weighted by molar-refractivity contribution is -0.181. The number of hydrogen-bond acceptors (Lipinski definition) is 4. The van der Waals surface area contributed by atoms with E-state index < -0.39 is 12.2 Å². The van der Waals surface area contributed by atoms with Crippen molar-refractivity contribution in [2.45, 2.75) is 19.1 Å². The fourth-order valence-corrected chi connectivity index (χ4v) is 2.43.